The first-order valence-corrected chi connectivity index (χ1v) is 7.69. The minimum Gasteiger partial charge on any atom is -0.317 e. The maximum atomic E-state index is 4.32. The third kappa shape index (κ3) is 3.33. The maximum absolute atomic E-state index is 4.32. The highest BCUT2D eigenvalue weighted by Crippen LogP contribution is 2.33. The summed E-state index contributed by atoms with van der Waals surface area (Å²) in [6.45, 7) is 11.0. The van der Waals surface area contributed by atoms with Crippen LogP contribution in [0.4, 0.5) is 0 Å². The lowest BCUT2D eigenvalue weighted by Gasteiger charge is -2.23. The zero-order valence-corrected chi connectivity index (χ0v) is 12.3. The van der Waals surface area contributed by atoms with Gasteiger partial charge >= 0.3 is 0 Å². The molecule has 0 amide bonds. The predicted molar refractivity (Wildman–Crippen MR) is 82.9 cm³/mol. The Morgan fingerprint density at radius 3 is 2.83 bits per heavy atom. The first-order valence-electron chi connectivity index (χ1n) is 6.87. The van der Waals surface area contributed by atoms with E-state index >= 15 is 0 Å². The van der Waals surface area contributed by atoms with Crippen LogP contribution in [-0.4, -0.2) is 13.1 Å². The summed E-state index contributed by atoms with van der Waals surface area (Å²) in [6, 6.07) is 4.47. The van der Waals surface area contributed by atoms with E-state index < -0.39 is 0 Å². The monoisotopic (exact) mass is 261 g/mol. The van der Waals surface area contributed by atoms with Crippen LogP contribution in [0, 0.1) is 5.92 Å². The van der Waals surface area contributed by atoms with Gasteiger partial charge in [-0.3, -0.25) is 0 Å². The number of hydrogen-bond donors (Lipinski definition) is 1. The molecule has 1 fully saturated rings. The molecule has 1 nitrogen and oxygen atoms in total. The van der Waals surface area contributed by atoms with E-state index in [4.69, 9.17) is 0 Å². The molecule has 1 aromatic heterocycles. The SMILES string of the molecule is C=C(c1ccc(/C=C(\C)CC)s1)C1CCNCC1. The van der Waals surface area contributed by atoms with Gasteiger partial charge in [-0.1, -0.05) is 19.1 Å². The molecule has 2 rings (SSSR count). The fourth-order valence-electron chi connectivity index (χ4n) is 2.32. The number of thiophene rings is 1. The molecule has 0 bridgehead atoms. The molecule has 0 saturated carbocycles. The van der Waals surface area contributed by atoms with E-state index in [9.17, 15) is 0 Å². The molecule has 2 heterocycles. The Morgan fingerprint density at radius 2 is 2.17 bits per heavy atom. The smallest absolute Gasteiger partial charge is 0.0305 e. The Bertz CT molecular complexity index is 436. The number of rotatable bonds is 4. The summed E-state index contributed by atoms with van der Waals surface area (Å²) in [7, 11) is 0. The van der Waals surface area contributed by atoms with Crippen LogP contribution in [0.15, 0.2) is 24.3 Å². The molecule has 1 aliphatic rings. The molecule has 98 valence electrons. The van der Waals surface area contributed by atoms with Crippen molar-refractivity contribution < 1.29 is 0 Å². The Kier molecular flexibility index (Phi) is 4.79. The van der Waals surface area contributed by atoms with Crippen LogP contribution in [0.2, 0.25) is 0 Å². The third-order valence-corrected chi connectivity index (χ3v) is 4.83. The summed E-state index contributed by atoms with van der Waals surface area (Å²) >= 11 is 1.88. The van der Waals surface area contributed by atoms with E-state index in [2.05, 4.69) is 44.0 Å². The van der Waals surface area contributed by atoms with Crippen molar-refractivity contribution in [3.05, 3.63) is 34.0 Å². The highest BCUT2D eigenvalue weighted by Gasteiger charge is 2.18. The van der Waals surface area contributed by atoms with Gasteiger partial charge in [0, 0.05) is 9.75 Å². The normalized spacial score (nSPS) is 18.0. The Labute approximate surface area is 115 Å². The Balaban J connectivity index is 2.07. The molecular weight excluding hydrogens is 238 g/mol. The second kappa shape index (κ2) is 6.35. The lowest BCUT2D eigenvalue weighted by Crippen LogP contribution is -2.27. The molecule has 0 spiro atoms. The van der Waals surface area contributed by atoms with Crippen LogP contribution in [0.5, 0.6) is 0 Å². The molecule has 1 saturated heterocycles. The van der Waals surface area contributed by atoms with Crippen molar-refractivity contribution in [3.8, 4) is 0 Å². The standard InChI is InChI=1S/C16H23NS/c1-4-12(2)11-15-5-6-16(18-15)13(3)14-7-9-17-10-8-14/h5-6,11,14,17H,3-4,7-10H2,1-2H3/b12-11+. The van der Waals surface area contributed by atoms with Gasteiger partial charge in [-0.05, 0) is 69.0 Å². The second-order valence-electron chi connectivity index (χ2n) is 5.10. The molecule has 2 heteroatoms. The minimum atomic E-state index is 0.675. The van der Waals surface area contributed by atoms with Crippen LogP contribution in [0.1, 0.15) is 42.9 Å². The second-order valence-corrected chi connectivity index (χ2v) is 6.21. The van der Waals surface area contributed by atoms with Gasteiger partial charge in [0.05, 0.1) is 0 Å². The Morgan fingerprint density at radius 1 is 1.44 bits per heavy atom. The number of piperidine rings is 1. The molecule has 1 N–H and O–H groups in total. The topological polar surface area (TPSA) is 12.0 Å². The quantitative estimate of drug-likeness (QED) is 0.837. The summed E-state index contributed by atoms with van der Waals surface area (Å²) in [5.41, 5.74) is 2.78. The van der Waals surface area contributed by atoms with Crippen molar-refractivity contribution >= 4 is 23.0 Å². The van der Waals surface area contributed by atoms with E-state index in [0.717, 1.165) is 19.5 Å². The van der Waals surface area contributed by atoms with E-state index in [1.54, 1.807) is 0 Å². The molecule has 0 atom stereocenters. The fraction of sp³-hybridized carbons (Fsp3) is 0.500. The molecule has 0 unspecified atom stereocenters. The van der Waals surface area contributed by atoms with Gasteiger partial charge in [0.2, 0.25) is 0 Å². The summed E-state index contributed by atoms with van der Waals surface area (Å²) in [4.78, 5) is 2.73. The van der Waals surface area contributed by atoms with E-state index in [1.165, 1.54) is 33.7 Å². The summed E-state index contributed by atoms with van der Waals surface area (Å²) < 4.78 is 0. The van der Waals surface area contributed by atoms with Gasteiger partial charge in [-0.2, -0.15) is 0 Å². The van der Waals surface area contributed by atoms with Crippen LogP contribution < -0.4 is 5.32 Å². The van der Waals surface area contributed by atoms with Crippen LogP contribution in [0.25, 0.3) is 11.6 Å². The first kappa shape index (κ1) is 13.6. The zero-order chi connectivity index (χ0) is 13.0. The third-order valence-electron chi connectivity index (χ3n) is 3.72. The number of allylic oxidation sites excluding steroid dienone is 2. The van der Waals surface area contributed by atoms with Crippen LogP contribution in [-0.2, 0) is 0 Å². The average molecular weight is 261 g/mol. The van der Waals surface area contributed by atoms with Gasteiger partial charge < -0.3 is 5.32 Å². The minimum absolute atomic E-state index is 0.675. The molecule has 0 radical (unpaired) electrons. The van der Waals surface area contributed by atoms with Gasteiger partial charge in [0.1, 0.15) is 0 Å². The number of hydrogen-bond acceptors (Lipinski definition) is 2. The highest BCUT2D eigenvalue weighted by atomic mass is 32.1. The maximum Gasteiger partial charge on any atom is 0.0305 e. The van der Waals surface area contributed by atoms with Gasteiger partial charge in [0.25, 0.3) is 0 Å². The Hall–Kier alpha value is -0.860. The largest absolute Gasteiger partial charge is 0.317 e. The summed E-state index contributed by atoms with van der Waals surface area (Å²) in [6.07, 6.45) is 5.89. The lowest BCUT2D eigenvalue weighted by atomic mass is 9.90. The molecular formula is C16H23NS. The first-order chi connectivity index (χ1) is 8.70. The van der Waals surface area contributed by atoms with Crippen molar-refractivity contribution in [1.82, 2.24) is 5.32 Å². The number of nitrogens with one attached hydrogen (secondary N) is 1. The molecule has 0 aliphatic carbocycles. The van der Waals surface area contributed by atoms with Crippen LogP contribution in [0.3, 0.4) is 0 Å². The lowest BCUT2D eigenvalue weighted by molar-refractivity contribution is 0.447. The molecule has 1 aliphatic heterocycles. The van der Waals surface area contributed by atoms with Crippen LogP contribution >= 0.6 is 11.3 Å². The van der Waals surface area contributed by atoms with Crippen molar-refractivity contribution in [2.24, 2.45) is 5.92 Å². The molecule has 1 aromatic rings. The summed E-state index contributed by atoms with van der Waals surface area (Å²) in [5, 5.41) is 3.41. The van der Waals surface area contributed by atoms with E-state index in [1.807, 2.05) is 11.3 Å². The van der Waals surface area contributed by atoms with Crippen molar-refractivity contribution in [2.45, 2.75) is 33.1 Å². The fourth-order valence-corrected chi connectivity index (χ4v) is 3.40. The van der Waals surface area contributed by atoms with Crippen molar-refractivity contribution in [3.63, 3.8) is 0 Å². The van der Waals surface area contributed by atoms with E-state index in [0.29, 0.717) is 5.92 Å². The van der Waals surface area contributed by atoms with Gasteiger partial charge in [-0.15, -0.1) is 11.3 Å². The van der Waals surface area contributed by atoms with Crippen molar-refractivity contribution in [1.29, 1.82) is 0 Å². The average Bonchev–Trinajstić information content (AvgIpc) is 2.87. The molecule has 0 aromatic carbocycles. The zero-order valence-electron chi connectivity index (χ0n) is 11.5. The van der Waals surface area contributed by atoms with Gasteiger partial charge in [0.15, 0.2) is 0 Å². The van der Waals surface area contributed by atoms with Crippen molar-refractivity contribution in [2.75, 3.05) is 13.1 Å². The summed E-state index contributed by atoms with van der Waals surface area (Å²) in [5.74, 6) is 0.675. The molecule has 18 heavy (non-hydrogen) atoms. The predicted octanol–water partition coefficient (Wildman–Crippen LogP) is 4.57. The van der Waals surface area contributed by atoms with E-state index in [-0.39, 0.29) is 0 Å². The highest BCUT2D eigenvalue weighted by molar-refractivity contribution is 7.14. The van der Waals surface area contributed by atoms with Gasteiger partial charge in [-0.25, -0.2) is 0 Å².